The fourth-order valence-corrected chi connectivity index (χ4v) is 1.64. The van der Waals surface area contributed by atoms with E-state index < -0.39 is 0 Å². The van der Waals surface area contributed by atoms with Crippen LogP contribution in [-0.2, 0) is 6.54 Å². The Kier molecular flexibility index (Phi) is 5.01. The monoisotopic (exact) mass is 219 g/mol. The first-order valence-corrected chi connectivity index (χ1v) is 6.25. The Bertz CT molecular complexity index is 284. The summed E-state index contributed by atoms with van der Waals surface area (Å²) < 4.78 is 0. The van der Waals surface area contributed by atoms with E-state index in [1.807, 2.05) is 0 Å². The van der Waals surface area contributed by atoms with Crippen molar-refractivity contribution < 1.29 is 0 Å². The van der Waals surface area contributed by atoms with E-state index in [1.165, 1.54) is 18.4 Å². The van der Waals surface area contributed by atoms with E-state index >= 15 is 0 Å². The minimum absolute atomic E-state index is 0.447. The standard InChI is InChI=1S/C15H25N/c1-13(10-11-15(2,3)4)16-12-14-8-6-5-7-9-14/h5-9,13,16H,10-12H2,1-4H3. The van der Waals surface area contributed by atoms with Crippen molar-refractivity contribution in [3.63, 3.8) is 0 Å². The Morgan fingerprint density at radius 3 is 2.31 bits per heavy atom. The predicted octanol–water partition coefficient (Wildman–Crippen LogP) is 3.99. The zero-order valence-corrected chi connectivity index (χ0v) is 11.1. The Labute approximate surface area is 100 Å². The number of rotatable bonds is 5. The van der Waals surface area contributed by atoms with E-state index in [9.17, 15) is 0 Å². The van der Waals surface area contributed by atoms with Crippen LogP contribution in [-0.4, -0.2) is 6.04 Å². The van der Waals surface area contributed by atoms with Gasteiger partial charge in [0.05, 0.1) is 0 Å². The Balaban J connectivity index is 2.23. The summed E-state index contributed by atoms with van der Waals surface area (Å²) in [5.41, 5.74) is 1.81. The van der Waals surface area contributed by atoms with Crippen molar-refractivity contribution in [2.45, 2.75) is 53.1 Å². The molecule has 1 atom stereocenters. The molecule has 0 aromatic heterocycles. The lowest BCUT2D eigenvalue weighted by molar-refractivity contribution is 0.336. The highest BCUT2D eigenvalue weighted by molar-refractivity contribution is 5.14. The molecule has 1 N–H and O–H groups in total. The van der Waals surface area contributed by atoms with E-state index in [0.29, 0.717) is 11.5 Å². The fourth-order valence-electron chi connectivity index (χ4n) is 1.64. The number of benzene rings is 1. The van der Waals surface area contributed by atoms with Gasteiger partial charge in [-0.1, -0.05) is 51.1 Å². The molecule has 0 bridgehead atoms. The molecule has 1 rings (SSSR count). The van der Waals surface area contributed by atoms with Crippen LogP contribution in [0.5, 0.6) is 0 Å². The van der Waals surface area contributed by atoms with Gasteiger partial charge in [-0.25, -0.2) is 0 Å². The molecule has 90 valence electrons. The molecule has 1 aromatic rings. The Hall–Kier alpha value is -0.820. The molecule has 0 aliphatic heterocycles. The largest absolute Gasteiger partial charge is 0.310 e. The quantitative estimate of drug-likeness (QED) is 0.789. The molecule has 16 heavy (non-hydrogen) atoms. The van der Waals surface area contributed by atoms with Crippen LogP contribution in [0.3, 0.4) is 0 Å². The van der Waals surface area contributed by atoms with Crippen LogP contribution in [0.15, 0.2) is 30.3 Å². The van der Waals surface area contributed by atoms with E-state index in [0.717, 1.165) is 6.54 Å². The first-order chi connectivity index (χ1) is 7.47. The van der Waals surface area contributed by atoms with Crippen LogP contribution in [0.2, 0.25) is 0 Å². The summed E-state index contributed by atoms with van der Waals surface area (Å²) in [5, 5.41) is 3.57. The van der Waals surface area contributed by atoms with Gasteiger partial charge in [0.2, 0.25) is 0 Å². The molecular weight excluding hydrogens is 194 g/mol. The van der Waals surface area contributed by atoms with Gasteiger partial charge in [0.15, 0.2) is 0 Å². The van der Waals surface area contributed by atoms with Gasteiger partial charge in [-0.2, -0.15) is 0 Å². The molecule has 0 spiro atoms. The normalized spacial score (nSPS) is 13.8. The summed E-state index contributed by atoms with van der Waals surface area (Å²) in [7, 11) is 0. The molecule has 0 fully saturated rings. The second kappa shape index (κ2) is 6.05. The topological polar surface area (TPSA) is 12.0 Å². The van der Waals surface area contributed by atoms with Gasteiger partial charge in [0.1, 0.15) is 0 Å². The van der Waals surface area contributed by atoms with Crippen molar-refractivity contribution in [3.05, 3.63) is 35.9 Å². The van der Waals surface area contributed by atoms with Crippen LogP contribution < -0.4 is 5.32 Å². The minimum atomic E-state index is 0.447. The van der Waals surface area contributed by atoms with Gasteiger partial charge in [-0.15, -0.1) is 0 Å². The predicted molar refractivity (Wildman–Crippen MR) is 71.4 cm³/mol. The van der Waals surface area contributed by atoms with Gasteiger partial charge >= 0.3 is 0 Å². The van der Waals surface area contributed by atoms with E-state index in [-0.39, 0.29) is 0 Å². The van der Waals surface area contributed by atoms with Crippen molar-refractivity contribution in [2.75, 3.05) is 0 Å². The van der Waals surface area contributed by atoms with Gasteiger partial charge in [0, 0.05) is 12.6 Å². The fraction of sp³-hybridized carbons (Fsp3) is 0.600. The Morgan fingerprint density at radius 1 is 1.12 bits per heavy atom. The average Bonchev–Trinajstić information content (AvgIpc) is 2.24. The van der Waals surface area contributed by atoms with Crippen LogP contribution in [0.1, 0.15) is 46.1 Å². The van der Waals surface area contributed by atoms with E-state index in [1.54, 1.807) is 0 Å². The van der Waals surface area contributed by atoms with Gasteiger partial charge in [-0.3, -0.25) is 0 Å². The van der Waals surface area contributed by atoms with Crippen molar-refractivity contribution in [1.29, 1.82) is 0 Å². The smallest absolute Gasteiger partial charge is 0.0207 e. The number of hydrogen-bond donors (Lipinski definition) is 1. The summed E-state index contributed by atoms with van der Waals surface area (Å²) in [6, 6.07) is 11.2. The molecule has 0 aliphatic rings. The van der Waals surface area contributed by atoms with Crippen molar-refractivity contribution in [3.8, 4) is 0 Å². The third kappa shape index (κ3) is 5.92. The molecular formula is C15H25N. The highest BCUT2D eigenvalue weighted by Crippen LogP contribution is 2.21. The van der Waals surface area contributed by atoms with Crippen molar-refractivity contribution in [1.82, 2.24) is 5.32 Å². The average molecular weight is 219 g/mol. The summed E-state index contributed by atoms with van der Waals surface area (Å²) in [5.74, 6) is 0. The molecule has 1 nitrogen and oxygen atoms in total. The molecule has 1 aromatic carbocycles. The summed E-state index contributed by atoms with van der Waals surface area (Å²) in [6.07, 6.45) is 2.52. The highest BCUT2D eigenvalue weighted by Gasteiger charge is 2.11. The van der Waals surface area contributed by atoms with Gasteiger partial charge < -0.3 is 5.32 Å². The van der Waals surface area contributed by atoms with Crippen LogP contribution in [0.25, 0.3) is 0 Å². The zero-order valence-electron chi connectivity index (χ0n) is 11.1. The first-order valence-electron chi connectivity index (χ1n) is 6.25. The lowest BCUT2D eigenvalue weighted by Gasteiger charge is -2.21. The molecule has 0 saturated carbocycles. The minimum Gasteiger partial charge on any atom is -0.310 e. The van der Waals surface area contributed by atoms with Crippen molar-refractivity contribution in [2.24, 2.45) is 5.41 Å². The van der Waals surface area contributed by atoms with Gasteiger partial charge in [0.25, 0.3) is 0 Å². The van der Waals surface area contributed by atoms with E-state index in [2.05, 4.69) is 63.3 Å². The van der Waals surface area contributed by atoms with Crippen LogP contribution in [0.4, 0.5) is 0 Å². The zero-order chi connectivity index (χ0) is 12.0. The van der Waals surface area contributed by atoms with Crippen molar-refractivity contribution >= 4 is 0 Å². The van der Waals surface area contributed by atoms with Crippen LogP contribution in [0, 0.1) is 5.41 Å². The van der Waals surface area contributed by atoms with E-state index in [4.69, 9.17) is 0 Å². The summed E-state index contributed by atoms with van der Waals surface area (Å²) in [4.78, 5) is 0. The SMILES string of the molecule is CC(CCC(C)(C)C)NCc1ccccc1. The maximum atomic E-state index is 3.57. The molecule has 0 heterocycles. The molecule has 1 unspecified atom stereocenters. The molecule has 0 amide bonds. The molecule has 1 heteroatoms. The maximum Gasteiger partial charge on any atom is 0.0207 e. The first kappa shape index (κ1) is 13.2. The number of nitrogens with one attached hydrogen (secondary N) is 1. The maximum absolute atomic E-state index is 3.57. The summed E-state index contributed by atoms with van der Waals surface area (Å²) in [6.45, 7) is 10.2. The third-order valence-corrected chi connectivity index (χ3v) is 2.82. The number of hydrogen-bond acceptors (Lipinski definition) is 1. The molecule has 0 radical (unpaired) electrons. The Morgan fingerprint density at radius 2 is 1.75 bits per heavy atom. The van der Waals surface area contributed by atoms with Gasteiger partial charge in [-0.05, 0) is 30.7 Å². The lowest BCUT2D eigenvalue weighted by atomic mass is 9.89. The van der Waals surface area contributed by atoms with Crippen LogP contribution >= 0.6 is 0 Å². The third-order valence-electron chi connectivity index (χ3n) is 2.82. The summed E-state index contributed by atoms with van der Waals surface area (Å²) >= 11 is 0. The molecule has 0 aliphatic carbocycles. The lowest BCUT2D eigenvalue weighted by Crippen LogP contribution is -2.26. The molecule has 0 saturated heterocycles. The second-order valence-electron chi connectivity index (χ2n) is 5.87. The second-order valence-corrected chi connectivity index (χ2v) is 5.87. The highest BCUT2D eigenvalue weighted by atomic mass is 14.9.